The van der Waals surface area contributed by atoms with Gasteiger partial charge in [0.1, 0.15) is 42.2 Å². The standard InChI is InChI=1S/C26H30N7O8P/c1-5-25(14-38-42(37,40-17-9-7-6-8-10-17)32-16(4)23(36)39-15(2)3)20(34)21(35)26(13-27,41-25)19-12-11-18-22(28)30-24(29)31-33(18)19/h1,6-12,15-16,20-21,34-35H,14H2,2-4H3,(H,32,37)(H4,28,29,30,31)/t16-,20?,21?,25+,26-,42-/m0/s1. The lowest BCUT2D eigenvalue weighted by Crippen LogP contribution is -2.46. The van der Waals surface area contributed by atoms with Gasteiger partial charge in [-0.1, -0.05) is 24.1 Å². The second-order valence-electron chi connectivity index (χ2n) is 9.76. The maximum atomic E-state index is 14.0. The van der Waals surface area contributed by atoms with Gasteiger partial charge in [-0.25, -0.2) is 9.08 Å². The Balaban J connectivity index is 1.68. The molecule has 16 heteroatoms. The summed E-state index contributed by atoms with van der Waals surface area (Å²) >= 11 is 0. The Labute approximate surface area is 240 Å². The lowest BCUT2D eigenvalue weighted by molar-refractivity contribution is -0.149. The van der Waals surface area contributed by atoms with Crippen molar-refractivity contribution in [1.82, 2.24) is 19.7 Å². The zero-order valence-corrected chi connectivity index (χ0v) is 23.8. The number of fused-ring (bicyclic) bond motifs is 1. The van der Waals surface area contributed by atoms with E-state index in [9.17, 15) is 24.8 Å². The number of rotatable bonds is 10. The third-order valence-electron chi connectivity index (χ3n) is 6.36. The van der Waals surface area contributed by atoms with Crippen LogP contribution in [0.4, 0.5) is 11.8 Å². The molecule has 1 saturated heterocycles. The number of benzene rings is 1. The van der Waals surface area contributed by atoms with E-state index in [1.807, 2.05) is 6.07 Å². The Morgan fingerprint density at radius 2 is 1.93 bits per heavy atom. The van der Waals surface area contributed by atoms with Crippen LogP contribution in [0.5, 0.6) is 5.75 Å². The van der Waals surface area contributed by atoms with Crippen LogP contribution in [0.15, 0.2) is 42.5 Å². The highest BCUT2D eigenvalue weighted by Gasteiger charge is 2.65. The summed E-state index contributed by atoms with van der Waals surface area (Å²) in [5, 5.41) is 39.1. The number of anilines is 2. The van der Waals surface area contributed by atoms with Crippen molar-refractivity contribution in [2.24, 2.45) is 0 Å². The molecular formula is C26H30N7O8P. The van der Waals surface area contributed by atoms with Crippen molar-refractivity contribution < 1.29 is 38.1 Å². The van der Waals surface area contributed by atoms with Gasteiger partial charge in [0.25, 0.3) is 0 Å². The Hall–Kier alpha value is -4.21. The van der Waals surface area contributed by atoms with E-state index in [1.54, 1.807) is 32.0 Å². The monoisotopic (exact) mass is 599 g/mol. The number of hydrogen-bond donors (Lipinski definition) is 5. The van der Waals surface area contributed by atoms with Gasteiger partial charge in [0, 0.05) is 0 Å². The van der Waals surface area contributed by atoms with E-state index in [0.717, 1.165) is 4.52 Å². The molecule has 0 radical (unpaired) electrons. The molecule has 1 aromatic carbocycles. The minimum absolute atomic E-state index is 0.0170. The van der Waals surface area contributed by atoms with Gasteiger partial charge in [-0.2, -0.15) is 15.3 Å². The average Bonchev–Trinajstić information content (AvgIpc) is 3.46. The molecule has 4 rings (SSSR count). The molecule has 3 heterocycles. The molecule has 0 bridgehead atoms. The SMILES string of the molecule is C#C[C@]1(CO[P@@](=O)(N[C@@H](C)C(=O)OC(C)C)Oc2ccccc2)O[C@@](C#N)(c2ccc3c(N)nc(N)nn23)C(O)C1O. The highest BCUT2D eigenvalue weighted by Crippen LogP contribution is 2.50. The molecule has 1 fully saturated rings. The second-order valence-corrected chi connectivity index (χ2v) is 11.4. The number of nitrogen functional groups attached to an aromatic ring is 2. The minimum atomic E-state index is -4.47. The number of ether oxygens (including phenoxy) is 2. The molecule has 1 aliphatic heterocycles. The number of nitrogens with one attached hydrogen (secondary N) is 1. The second kappa shape index (κ2) is 11.6. The number of carbonyl (C=O) groups is 1. The topological polar surface area (TPSA) is 230 Å². The first-order valence-electron chi connectivity index (χ1n) is 12.6. The van der Waals surface area contributed by atoms with Gasteiger partial charge in [-0.05, 0) is 45.0 Å². The van der Waals surface area contributed by atoms with Crippen LogP contribution in [0.2, 0.25) is 0 Å². The van der Waals surface area contributed by atoms with E-state index in [0.29, 0.717) is 0 Å². The number of terminal acetylenes is 1. The molecule has 0 amide bonds. The van der Waals surface area contributed by atoms with Gasteiger partial charge in [0.2, 0.25) is 11.5 Å². The first kappa shape index (κ1) is 30.7. The van der Waals surface area contributed by atoms with Gasteiger partial charge in [0.15, 0.2) is 11.4 Å². The molecular weight excluding hydrogens is 569 g/mol. The highest BCUT2D eigenvalue weighted by molar-refractivity contribution is 7.52. The molecule has 0 spiro atoms. The van der Waals surface area contributed by atoms with Crippen LogP contribution in [0.3, 0.4) is 0 Å². The number of aromatic nitrogens is 3. The van der Waals surface area contributed by atoms with Crippen LogP contribution >= 0.6 is 7.75 Å². The predicted octanol–water partition coefficient (Wildman–Crippen LogP) is 0.870. The third kappa shape index (κ3) is 5.62. The lowest BCUT2D eigenvalue weighted by atomic mass is 9.89. The van der Waals surface area contributed by atoms with Gasteiger partial charge in [-0.3, -0.25) is 9.32 Å². The number of para-hydroxylation sites is 1. The number of nitriles is 1. The van der Waals surface area contributed by atoms with E-state index in [-0.39, 0.29) is 28.7 Å². The molecule has 1 aliphatic rings. The van der Waals surface area contributed by atoms with E-state index in [2.05, 4.69) is 21.1 Å². The molecule has 0 aliphatic carbocycles. The molecule has 2 aromatic heterocycles. The Morgan fingerprint density at radius 1 is 1.24 bits per heavy atom. The smallest absolute Gasteiger partial charge is 0.459 e. The summed E-state index contributed by atoms with van der Waals surface area (Å²) in [6.45, 7) is 3.81. The zero-order chi connectivity index (χ0) is 30.9. The van der Waals surface area contributed by atoms with Crippen molar-refractivity contribution in [2.75, 3.05) is 18.1 Å². The molecule has 0 saturated carbocycles. The number of nitrogens with zero attached hydrogens (tertiary/aromatic N) is 4. The third-order valence-corrected chi connectivity index (χ3v) is 7.98. The van der Waals surface area contributed by atoms with Crippen LogP contribution in [0.1, 0.15) is 26.5 Å². The summed E-state index contributed by atoms with van der Waals surface area (Å²) < 4.78 is 37.4. The predicted molar refractivity (Wildman–Crippen MR) is 148 cm³/mol. The van der Waals surface area contributed by atoms with Crippen molar-refractivity contribution in [1.29, 1.82) is 5.26 Å². The Morgan fingerprint density at radius 3 is 2.55 bits per heavy atom. The van der Waals surface area contributed by atoms with Crippen molar-refractivity contribution in [3.8, 4) is 24.2 Å². The summed E-state index contributed by atoms with van der Waals surface area (Å²) in [7, 11) is -4.47. The minimum Gasteiger partial charge on any atom is -0.462 e. The van der Waals surface area contributed by atoms with Gasteiger partial charge < -0.3 is 35.7 Å². The van der Waals surface area contributed by atoms with Crippen LogP contribution in [-0.2, 0) is 29.0 Å². The van der Waals surface area contributed by atoms with Crippen molar-refractivity contribution in [3.05, 3.63) is 48.2 Å². The first-order valence-corrected chi connectivity index (χ1v) is 14.2. The summed E-state index contributed by atoms with van der Waals surface area (Å²) in [5.74, 6) is 1.34. The molecule has 3 aromatic rings. The summed E-state index contributed by atoms with van der Waals surface area (Å²) in [6, 6.07) is 11.4. The van der Waals surface area contributed by atoms with E-state index < -0.39 is 55.9 Å². The fourth-order valence-corrected chi connectivity index (χ4v) is 5.86. The number of aliphatic hydroxyl groups is 2. The van der Waals surface area contributed by atoms with Crippen LogP contribution < -0.4 is 21.1 Å². The maximum Gasteiger partial charge on any atom is 0.459 e. The normalized spacial score (nSPS) is 25.8. The number of hydrogen-bond acceptors (Lipinski definition) is 13. The van der Waals surface area contributed by atoms with Crippen LogP contribution in [0.25, 0.3) is 5.52 Å². The maximum absolute atomic E-state index is 14.0. The summed E-state index contributed by atoms with van der Waals surface area (Å²) in [5.41, 5.74) is 7.24. The van der Waals surface area contributed by atoms with Crippen LogP contribution in [-0.4, -0.2) is 67.3 Å². The van der Waals surface area contributed by atoms with Crippen molar-refractivity contribution in [2.45, 2.75) is 56.3 Å². The fraction of sp³-hybridized carbons (Fsp3) is 0.385. The quantitative estimate of drug-likeness (QED) is 0.124. The average molecular weight is 600 g/mol. The molecule has 2 unspecified atom stereocenters. The van der Waals surface area contributed by atoms with Gasteiger partial charge >= 0.3 is 13.7 Å². The number of aliphatic hydroxyl groups excluding tert-OH is 2. The zero-order valence-electron chi connectivity index (χ0n) is 22.9. The molecule has 7 N–H and O–H groups in total. The molecule has 42 heavy (non-hydrogen) atoms. The lowest BCUT2D eigenvalue weighted by Gasteiger charge is -2.30. The van der Waals surface area contributed by atoms with E-state index in [1.165, 1.54) is 31.2 Å². The first-order chi connectivity index (χ1) is 19.8. The van der Waals surface area contributed by atoms with E-state index >= 15 is 0 Å². The van der Waals surface area contributed by atoms with Crippen molar-refractivity contribution >= 4 is 31.0 Å². The number of carbonyl (C=O) groups excluding carboxylic acids is 1. The fourth-order valence-electron chi connectivity index (χ4n) is 4.34. The summed E-state index contributed by atoms with van der Waals surface area (Å²) in [6.07, 6.45) is 1.41. The van der Waals surface area contributed by atoms with Crippen molar-refractivity contribution in [3.63, 3.8) is 0 Å². The largest absolute Gasteiger partial charge is 0.462 e. The Bertz CT molecular complexity index is 1600. The number of esters is 1. The highest BCUT2D eigenvalue weighted by atomic mass is 31.2. The molecule has 15 nitrogen and oxygen atoms in total. The molecule has 222 valence electrons. The van der Waals surface area contributed by atoms with Gasteiger partial charge in [-0.15, -0.1) is 11.5 Å². The van der Waals surface area contributed by atoms with Crippen LogP contribution in [0, 0.1) is 23.7 Å². The Kier molecular flexibility index (Phi) is 8.48. The summed E-state index contributed by atoms with van der Waals surface area (Å²) in [4.78, 5) is 16.3. The van der Waals surface area contributed by atoms with Gasteiger partial charge in [0.05, 0.1) is 11.8 Å². The molecule has 6 atom stereocenters. The van der Waals surface area contributed by atoms with E-state index in [4.69, 9.17) is 36.4 Å². The number of nitrogens with two attached hydrogens (primary N) is 2.